The van der Waals surface area contributed by atoms with E-state index in [1.54, 1.807) is 18.2 Å². The van der Waals surface area contributed by atoms with Gasteiger partial charge >= 0.3 is 0 Å². The fraction of sp³-hybridized carbons (Fsp3) is 0.174. The third-order valence-corrected chi connectivity index (χ3v) is 4.52. The van der Waals surface area contributed by atoms with Crippen molar-refractivity contribution in [1.82, 2.24) is 0 Å². The highest BCUT2D eigenvalue weighted by atomic mass is 16.7. The zero-order valence-electron chi connectivity index (χ0n) is 16.1. The number of benzene rings is 3. The number of hydrogen-bond donors (Lipinski definition) is 2. The molecule has 1 aliphatic heterocycles. The van der Waals surface area contributed by atoms with Crippen molar-refractivity contribution < 1.29 is 19.0 Å². The minimum atomic E-state index is -0.420. The summed E-state index contributed by atoms with van der Waals surface area (Å²) >= 11 is 0. The summed E-state index contributed by atoms with van der Waals surface area (Å²) in [5.74, 6) is 1.95. The fourth-order valence-corrected chi connectivity index (χ4v) is 2.93. The minimum Gasteiger partial charge on any atom is -0.489 e. The molecule has 0 aromatic heterocycles. The Morgan fingerprint density at radius 2 is 1.69 bits per heavy atom. The number of nitrogens with one attached hydrogen (secondary N) is 2. The van der Waals surface area contributed by atoms with E-state index in [1.165, 1.54) is 0 Å². The molecule has 6 nitrogen and oxygen atoms in total. The van der Waals surface area contributed by atoms with Crippen LogP contribution in [0.4, 0.5) is 11.4 Å². The lowest BCUT2D eigenvalue weighted by molar-refractivity contribution is -0.116. The van der Waals surface area contributed by atoms with E-state index in [-0.39, 0.29) is 12.7 Å². The third kappa shape index (κ3) is 4.79. The van der Waals surface area contributed by atoms with Crippen molar-refractivity contribution in [3.05, 3.63) is 78.4 Å². The van der Waals surface area contributed by atoms with Crippen molar-refractivity contribution in [1.29, 1.82) is 0 Å². The van der Waals surface area contributed by atoms with Crippen LogP contribution in [0.2, 0.25) is 0 Å². The van der Waals surface area contributed by atoms with Crippen LogP contribution in [-0.4, -0.2) is 18.7 Å². The normalized spacial score (nSPS) is 12.9. The second-order valence-electron chi connectivity index (χ2n) is 6.72. The Morgan fingerprint density at radius 3 is 2.48 bits per heavy atom. The number of amides is 1. The van der Waals surface area contributed by atoms with Crippen LogP contribution in [0.5, 0.6) is 17.2 Å². The number of carbonyl (C=O) groups is 1. The summed E-state index contributed by atoms with van der Waals surface area (Å²) in [5, 5.41) is 6.07. The first-order chi connectivity index (χ1) is 14.2. The van der Waals surface area contributed by atoms with Gasteiger partial charge in [0.05, 0.1) is 0 Å². The van der Waals surface area contributed by atoms with Crippen LogP contribution >= 0.6 is 0 Å². The lowest BCUT2D eigenvalue weighted by Gasteiger charge is -2.16. The maximum absolute atomic E-state index is 12.5. The molecule has 1 heterocycles. The smallest absolute Gasteiger partial charge is 0.246 e. The quantitative estimate of drug-likeness (QED) is 0.624. The molecule has 2 N–H and O–H groups in total. The van der Waals surface area contributed by atoms with E-state index >= 15 is 0 Å². The van der Waals surface area contributed by atoms with Gasteiger partial charge in [-0.15, -0.1) is 0 Å². The number of fused-ring (bicyclic) bond motifs is 1. The highest BCUT2D eigenvalue weighted by Gasteiger charge is 2.17. The zero-order chi connectivity index (χ0) is 20.1. The van der Waals surface area contributed by atoms with Gasteiger partial charge in [-0.2, -0.15) is 0 Å². The highest BCUT2D eigenvalue weighted by molar-refractivity contribution is 5.96. The van der Waals surface area contributed by atoms with Crippen LogP contribution in [0.25, 0.3) is 0 Å². The van der Waals surface area contributed by atoms with Gasteiger partial charge in [-0.1, -0.05) is 30.3 Å². The first-order valence-electron chi connectivity index (χ1n) is 9.41. The van der Waals surface area contributed by atoms with E-state index in [9.17, 15) is 4.79 Å². The summed E-state index contributed by atoms with van der Waals surface area (Å²) in [7, 11) is 0. The monoisotopic (exact) mass is 390 g/mol. The first-order valence-corrected chi connectivity index (χ1v) is 9.41. The molecule has 4 rings (SSSR count). The summed E-state index contributed by atoms with van der Waals surface area (Å²) < 4.78 is 16.4. The van der Waals surface area contributed by atoms with Crippen molar-refractivity contribution in [3.8, 4) is 17.2 Å². The Kier molecular flexibility index (Phi) is 5.52. The molecule has 3 aromatic carbocycles. The Labute approximate surface area is 169 Å². The van der Waals surface area contributed by atoms with E-state index in [0.717, 1.165) is 17.0 Å². The molecule has 148 valence electrons. The van der Waals surface area contributed by atoms with E-state index < -0.39 is 6.04 Å². The summed E-state index contributed by atoms with van der Waals surface area (Å²) in [5.41, 5.74) is 2.62. The Hall–Kier alpha value is -3.67. The average Bonchev–Trinajstić information content (AvgIpc) is 3.22. The number of anilines is 2. The molecular formula is C23H22N2O4. The van der Waals surface area contributed by atoms with Crippen molar-refractivity contribution in [2.45, 2.75) is 19.6 Å². The number of ether oxygens (including phenoxy) is 3. The molecule has 0 saturated carbocycles. The van der Waals surface area contributed by atoms with Crippen LogP contribution in [0, 0.1) is 0 Å². The average molecular weight is 390 g/mol. The van der Waals surface area contributed by atoms with Gasteiger partial charge in [0.25, 0.3) is 0 Å². The zero-order valence-corrected chi connectivity index (χ0v) is 16.1. The largest absolute Gasteiger partial charge is 0.489 e. The molecule has 1 aliphatic rings. The molecule has 1 amide bonds. The van der Waals surface area contributed by atoms with Gasteiger partial charge in [0.1, 0.15) is 18.4 Å². The Morgan fingerprint density at radius 1 is 0.966 bits per heavy atom. The molecule has 0 fully saturated rings. The van der Waals surface area contributed by atoms with Gasteiger partial charge in [0, 0.05) is 17.4 Å². The van der Waals surface area contributed by atoms with Crippen molar-refractivity contribution in [2.75, 3.05) is 17.4 Å². The maximum atomic E-state index is 12.5. The number of carbonyl (C=O) groups excluding carboxylic acids is 1. The highest BCUT2D eigenvalue weighted by Crippen LogP contribution is 2.34. The van der Waals surface area contributed by atoms with Gasteiger partial charge < -0.3 is 24.8 Å². The summed E-state index contributed by atoms with van der Waals surface area (Å²) in [6.07, 6.45) is 0. The van der Waals surface area contributed by atoms with E-state index in [0.29, 0.717) is 23.8 Å². The molecule has 0 unspecified atom stereocenters. The molecule has 0 spiro atoms. The van der Waals surface area contributed by atoms with Crippen molar-refractivity contribution >= 4 is 17.3 Å². The standard InChI is InChI=1S/C23H22N2O4/c1-16(23(26)25-19-9-12-21-22(13-19)29-15-28-21)24-18-7-10-20(11-8-18)27-14-17-5-3-2-4-6-17/h2-13,16,24H,14-15H2,1H3,(H,25,26)/t16-/m1/s1. The maximum Gasteiger partial charge on any atom is 0.246 e. The predicted molar refractivity (Wildman–Crippen MR) is 111 cm³/mol. The molecular weight excluding hydrogens is 368 g/mol. The lowest BCUT2D eigenvalue weighted by atomic mass is 10.2. The number of hydrogen-bond acceptors (Lipinski definition) is 5. The van der Waals surface area contributed by atoms with E-state index in [2.05, 4.69) is 10.6 Å². The van der Waals surface area contributed by atoms with Gasteiger partial charge in [0.15, 0.2) is 11.5 Å². The van der Waals surface area contributed by atoms with Gasteiger partial charge in [-0.3, -0.25) is 4.79 Å². The van der Waals surface area contributed by atoms with E-state index in [4.69, 9.17) is 14.2 Å². The van der Waals surface area contributed by atoms with Crippen LogP contribution in [-0.2, 0) is 11.4 Å². The van der Waals surface area contributed by atoms with Crippen molar-refractivity contribution in [2.24, 2.45) is 0 Å². The van der Waals surface area contributed by atoms with E-state index in [1.807, 2.05) is 61.5 Å². The van der Waals surface area contributed by atoms with Crippen LogP contribution in [0.1, 0.15) is 12.5 Å². The molecule has 0 saturated heterocycles. The molecule has 1 atom stereocenters. The minimum absolute atomic E-state index is 0.145. The number of rotatable bonds is 7. The Bertz CT molecular complexity index is 974. The second-order valence-corrected chi connectivity index (χ2v) is 6.72. The molecule has 0 radical (unpaired) electrons. The predicted octanol–water partition coefficient (Wildman–Crippen LogP) is 4.43. The molecule has 6 heteroatoms. The molecule has 0 bridgehead atoms. The molecule has 3 aromatic rings. The van der Waals surface area contributed by atoms with Gasteiger partial charge in [0.2, 0.25) is 12.7 Å². The third-order valence-electron chi connectivity index (χ3n) is 4.52. The lowest BCUT2D eigenvalue weighted by Crippen LogP contribution is -2.31. The topological polar surface area (TPSA) is 68.8 Å². The second kappa shape index (κ2) is 8.56. The summed E-state index contributed by atoms with van der Waals surface area (Å²) in [6.45, 7) is 2.53. The first kappa shape index (κ1) is 18.7. The van der Waals surface area contributed by atoms with Gasteiger partial charge in [-0.05, 0) is 48.9 Å². The molecule has 0 aliphatic carbocycles. The van der Waals surface area contributed by atoms with Crippen LogP contribution < -0.4 is 24.8 Å². The van der Waals surface area contributed by atoms with Gasteiger partial charge in [-0.25, -0.2) is 0 Å². The Balaban J connectivity index is 1.29. The molecule has 29 heavy (non-hydrogen) atoms. The fourth-order valence-electron chi connectivity index (χ4n) is 2.93. The van der Waals surface area contributed by atoms with Crippen molar-refractivity contribution in [3.63, 3.8) is 0 Å². The van der Waals surface area contributed by atoms with Crippen LogP contribution in [0.15, 0.2) is 72.8 Å². The van der Waals surface area contributed by atoms with Crippen LogP contribution in [0.3, 0.4) is 0 Å². The summed E-state index contributed by atoms with van der Waals surface area (Å²) in [4.78, 5) is 12.5. The SMILES string of the molecule is C[C@@H](Nc1ccc(OCc2ccccc2)cc1)C(=O)Nc1ccc2c(c1)OCO2. The summed E-state index contributed by atoms with van der Waals surface area (Å²) in [6, 6.07) is 22.5.